The average Bonchev–Trinajstić information content (AvgIpc) is 2.79. The van der Waals surface area contributed by atoms with Crippen LogP contribution in [-0.2, 0) is 15.0 Å². The number of benzene rings is 2. The Morgan fingerprint density at radius 2 is 1.03 bits per heavy atom. The van der Waals surface area contributed by atoms with Gasteiger partial charge in [-0.1, -0.05) is 76.2 Å². The number of hydrogen-bond acceptors (Lipinski definition) is 2. The third kappa shape index (κ3) is 6.74. The van der Waals surface area contributed by atoms with Gasteiger partial charge in [-0.2, -0.15) is 0 Å². The van der Waals surface area contributed by atoms with Gasteiger partial charge >= 0.3 is 11.9 Å². The lowest BCUT2D eigenvalue weighted by atomic mass is 9.77. The van der Waals surface area contributed by atoms with E-state index in [0.717, 1.165) is 22.3 Å². The molecule has 0 bridgehead atoms. The highest BCUT2D eigenvalue weighted by Crippen LogP contribution is 2.34. The summed E-state index contributed by atoms with van der Waals surface area (Å²) in [6.07, 6.45) is 2.00. The minimum atomic E-state index is -0.875. The molecule has 2 aromatic rings. The zero-order valence-corrected chi connectivity index (χ0v) is 19.8. The minimum absolute atomic E-state index is 0.292. The van der Waals surface area contributed by atoms with E-state index < -0.39 is 23.8 Å². The number of carboxylic acid groups (broad SMARTS) is 2. The third-order valence-electron chi connectivity index (χ3n) is 5.88. The van der Waals surface area contributed by atoms with Crippen molar-refractivity contribution < 1.29 is 19.8 Å². The summed E-state index contributed by atoms with van der Waals surface area (Å²) in [7, 11) is 0. The van der Waals surface area contributed by atoms with E-state index in [1.165, 1.54) is 0 Å². The van der Waals surface area contributed by atoms with Crippen LogP contribution in [0.3, 0.4) is 0 Å². The lowest BCUT2D eigenvalue weighted by Gasteiger charge is -2.27. The first-order valence-corrected chi connectivity index (χ1v) is 11.3. The standard InChI is InChI=1S/C29H32O4/c1-5-7-9-11-25(27(30)31)21-13-17-23(18-14-21)29(3,4)24-19-15-22(16-20-24)26(28(32)33)12-10-8-6-2/h13-20,25-26H,5-6,11-12H2,1-4H3,(H,30,31)(H,32,33). The van der Waals surface area contributed by atoms with Crippen LogP contribution in [0.2, 0.25) is 0 Å². The summed E-state index contributed by atoms with van der Waals surface area (Å²) in [5, 5.41) is 19.2. The van der Waals surface area contributed by atoms with Gasteiger partial charge in [0.2, 0.25) is 0 Å². The molecule has 0 aliphatic rings. The molecule has 2 atom stereocenters. The van der Waals surface area contributed by atoms with Gasteiger partial charge in [0.15, 0.2) is 0 Å². The molecule has 2 N–H and O–H groups in total. The molecule has 0 saturated carbocycles. The van der Waals surface area contributed by atoms with E-state index >= 15 is 0 Å². The number of carboxylic acids is 2. The molecule has 2 aromatic carbocycles. The molecule has 0 aromatic heterocycles. The molecule has 0 fully saturated rings. The quantitative estimate of drug-likeness (QED) is 0.493. The summed E-state index contributed by atoms with van der Waals surface area (Å²) in [5.41, 5.74) is 3.23. The molecule has 33 heavy (non-hydrogen) atoms. The Balaban J connectivity index is 2.26. The molecule has 4 nitrogen and oxygen atoms in total. The van der Waals surface area contributed by atoms with Crippen molar-refractivity contribution in [3.8, 4) is 23.7 Å². The van der Waals surface area contributed by atoms with Gasteiger partial charge in [-0.05, 0) is 22.3 Å². The van der Waals surface area contributed by atoms with Gasteiger partial charge in [0.25, 0.3) is 0 Å². The fraction of sp³-hybridized carbons (Fsp3) is 0.379. The maximum absolute atomic E-state index is 11.7. The van der Waals surface area contributed by atoms with Crippen molar-refractivity contribution in [2.75, 3.05) is 0 Å². The number of aliphatic carboxylic acids is 2. The highest BCUT2D eigenvalue weighted by atomic mass is 16.4. The summed E-state index contributed by atoms with van der Waals surface area (Å²) < 4.78 is 0. The maximum atomic E-state index is 11.7. The van der Waals surface area contributed by atoms with Crippen LogP contribution in [0, 0.1) is 23.7 Å². The van der Waals surface area contributed by atoms with Gasteiger partial charge in [0, 0.05) is 31.1 Å². The van der Waals surface area contributed by atoms with Crippen LogP contribution in [0.15, 0.2) is 48.5 Å². The fourth-order valence-electron chi connectivity index (χ4n) is 3.72. The highest BCUT2D eigenvalue weighted by molar-refractivity contribution is 5.77. The SMILES string of the molecule is CCC#CCC(C(=O)O)c1ccc(C(C)(C)c2ccc(C(CC#CCC)C(=O)O)cc2)cc1. The fourth-order valence-corrected chi connectivity index (χ4v) is 3.72. The van der Waals surface area contributed by atoms with Crippen molar-refractivity contribution in [1.29, 1.82) is 0 Å². The van der Waals surface area contributed by atoms with Crippen LogP contribution < -0.4 is 0 Å². The van der Waals surface area contributed by atoms with Crippen molar-refractivity contribution >= 4 is 11.9 Å². The Labute approximate surface area is 197 Å². The van der Waals surface area contributed by atoms with E-state index in [1.54, 1.807) is 0 Å². The van der Waals surface area contributed by atoms with Crippen molar-refractivity contribution in [3.63, 3.8) is 0 Å². The Kier molecular flexibility index (Phi) is 9.31. The van der Waals surface area contributed by atoms with Gasteiger partial charge in [-0.25, -0.2) is 0 Å². The van der Waals surface area contributed by atoms with Crippen molar-refractivity contribution in [3.05, 3.63) is 70.8 Å². The monoisotopic (exact) mass is 444 g/mol. The van der Waals surface area contributed by atoms with Crippen LogP contribution in [0.25, 0.3) is 0 Å². The van der Waals surface area contributed by atoms with Crippen molar-refractivity contribution in [2.24, 2.45) is 0 Å². The topological polar surface area (TPSA) is 74.6 Å². The predicted octanol–water partition coefficient (Wildman–Crippen LogP) is 5.96. The second-order valence-corrected chi connectivity index (χ2v) is 8.47. The Morgan fingerprint density at radius 1 is 0.697 bits per heavy atom. The molecule has 172 valence electrons. The normalized spacial score (nSPS) is 12.5. The molecule has 0 aliphatic heterocycles. The average molecular weight is 445 g/mol. The molecule has 0 saturated heterocycles. The van der Waals surface area contributed by atoms with E-state index in [4.69, 9.17) is 0 Å². The Morgan fingerprint density at radius 3 is 1.30 bits per heavy atom. The molecule has 0 amide bonds. The summed E-state index contributed by atoms with van der Waals surface area (Å²) in [4.78, 5) is 23.4. The minimum Gasteiger partial charge on any atom is -0.481 e. The van der Waals surface area contributed by atoms with Crippen LogP contribution in [0.1, 0.15) is 87.5 Å². The molecular formula is C29H32O4. The predicted molar refractivity (Wildman–Crippen MR) is 131 cm³/mol. The number of carbonyl (C=O) groups is 2. The second-order valence-electron chi connectivity index (χ2n) is 8.47. The third-order valence-corrected chi connectivity index (χ3v) is 5.88. The van der Waals surface area contributed by atoms with Gasteiger partial charge in [0.1, 0.15) is 0 Å². The first kappa shape index (κ1) is 25.8. The van der Waals surface area contributed by atoms with Crippen LogP contribution in [0.5, 0.6) is 0 Å². The van der Waals surface area contributed by atoms with Gasteiger partial charge in [-0.15, -0.1) is 23.7 Å². The van der Waals surface area contributed by atoms with E-state index in [9.17, 15) is 19.8 Å². The summed E-state index contributed by atoms with van der Waals surface area (Å²) >= 11 is 0. The highest BCUT2D eigenvalue weighted by Gasteiger charge is 2.26. The van der Waals surface area contributed by atoms with Gasteiger partial charge in [0.05, 0.1) is 11.8 Å². The zero-order chi connectivity index (χ0) is 24.4. The lowest BCUT2D eigenvalue weighted by Crippen LogP contribution is -2.20. The smallest absolute Gasteiger partial charge is 0.311 e. The zero-order valence-electron chi connectivity index (χ0n) is 19.8. The van der Waals surface area contributed by atoms with Crippen molar-refractivity contribution in [2.45, 2.75) is 70.6 Å². The van der Waals surface area contributed by atoms with E-state index in [-0.39, 0.29) is 5.41 Å². The molecule has 2 unspecified atom stereocenters. The molecule has 0 aliphatic carbocycles. The molecule has 4 heteroatoms. The van der Waals surface area contributed by atoms with Crippen LogP contribution in [0.4, 0.5) is 0 Å². The van der Waals surface area contributed by atoms with Gasteiger partial charge in [-0.3, -0.25) is 9.59 Å². The summed E-state index contributed by atoms with van der Waals surface area (Å²) in [6.45, 7) is 8.07. The first-order chi connectivity index (χ1) is 15.7. The molecular weight excluding hydrogens is 412 g/mol. The van der Waals surface area contributed by atoms with E-state index in [2.05, 4.69) is 37.5 Å². The molecule has 2 rings (SSSR count). The molecule has 0 spiro atoms. The largest absolute Gasteiger partial charge is 0.481 e. The first-order valence-electron chi connectivity index (χ1n) is 11.3. The lowest BCUT2D eigenvalue weighted by molar-refractivity contribution is -0.139. The van der Waals surface area contributed by atoms with Crippen LogP contribution in [-0.4, -0.2) is 22.2 Å². The van der Waals surface area contributed by atoms with Gasteiger partial charge < -0.3 is 10.2 Å². The van der Waals surface area contributed by atoms with Crippen LogP contribution >= 0.6 is 0 Å². The molecule has 0 radical (unpaired) electrons. The summed E-state index contributed by atoms with van der Waals surface area (Å²) in [6, 6.07) is 15.3. The Hall–Kier alpha value is -3.50. The second kappa shape index (κ2) is 11.9. The number of rotatable bonds is 8. The Bertz CT molecular complexity index is 983. The van der Waals surface area contributed by atoms with E-state index in [0.29, 0.717) is 25.7 Å². The molecule has 0 heterocycles. The van der Waals surface area contributed by atoms with Crippen molar-refractivity contribution in [1.82, 2.24) is 0 Å². The summed E-state index contributed by atoms with van der Waals surface area (Å²) in [5.74, 6) is 8.71. The van der Waals surface area contributed by atoms with E-state index in [1.807, 2.05) is 62.4 Å². The maximum Gasteiger partial charge on any atom is 0.311 e. The number of hydrogen-bond donors (Lipinski definition) is 2.